The van der Waals surface area contributed by atoms with Crippen LogP contribution in [0.3, 0.4) is 0 Å². The molecule has 2 atom stereocenters. The van der Waals surface area contributed by atoms with Crippen LogP contribution in [0, 0.1) is 0 Å². The first kappa shape index (κ1) is 18.0. The van der Waals surface area contributed by atoms with Crippen molar-refractivity contribution in [3.8, 4) is 23.0 Å². The second kappa shape index (κ2) is 7.49. The zero-order chi connectivity index (χ0) is 19.9. The molecule has 0 aliphatic carbocycles. The Kier molecular flexibility index (Phi) is 4.51. The van der Waals surface area contributed by atoms with Gasteiger partial charge in [-0.1, -0.05) is 12.1 Å². The molecule has 4 heterocycles. The number of hydrogen-bond donors (Lipinski definition) is 0. The topological polar surface area (TPSA) is 81.2 Å². The van der Waals surface area contributed by atoms with Gasteiger partial charge in [-0.3, -0.25) is 19.0 Å². The fourth-order valence-corrected chi connectivity index (χ4v) is 5.26. The van der Waals surface area contributed by atoms with Gasteiger partial charge in [0.25, 0.3) is 0 Å². The number of pyridine rings is 2. The summed E-state index contributed by atoms with van der Waals surface area (Å²) < 4.78 is 34.9. The Morgan fingerprint density at radius 1 is 0.600 bits per heavy atom. The molecule has 2 aliphatic rings. The van der Waals surface area contributed by atoms with Crippen LogP contribution in [-0.2, 0) is 9.05 Å². The van der Waals surface area contributed by atoms with E-state index in [2.05, 4.69) is 9.97 Å². The van der Waals surface area contributed by atoms with Crippen LogP contribution in [0.15, 0.2) is 60.9 Å². The zero-order valence-electron chi connectivity index (χ0n) is 15.4. The molecule has 0 saturated heterocycles. The molecule has 0 fully saturated rings. The van der Waals surface area contributed by atoms with Gasteiger partial charge in [0.15, 0.2) is 0 Å². The maximum atomic E-state index is 5.84. The Balaban J connectivity index is 1.07. The molecule has 150 valence electrons. The smallest absolute Gasteiger partial charge is 0.417 e. The van der Waals surface area contributed by atoms with Gasteiger partial charge in [-0.2, -0.15) is 0 Å². The third-order valence-electron chi connectivity index (χ3n) is 4.55. The molecular formula is C20H14N2O6P2. The predicted molar refractivity (Wildman–Crippen MR) is 112 cm³/mol. The van der Waals surface area contributed by atoms with Gasteiger partial charge < -0.3 is 18.1 Å². The molecule has 0 spiro atoms. The van der Waals surface area contributed by atoms with Crippen molar-refractivity contribution < 1.29 is 27.1 Å². The minimum Gasteiger partial charge on any atom is -0.417 e. The molecular weight excluding hydrogens is 426 g/mol. The minimum atomic E-state index is -1.57. The largest absolute Gasteiger partial charge is 0.463 e. The van der Waals surface area contributed by atoms with Crippen LogP contribution in [0.25, 0.3) is 21.8 Å². The fourth-order valence-electron chi connectivity index (χ4n) is 3.28. The maximum Gasteiger partial charge on any atom is 0.463 e. The molecule has 0 saturated carbocycles. The van der Waals surface area contributed by atoms with E-state index in [9.17, 15) is 0 Å². The summed E-state index contributed by atoms with van der Waals surface area (Å²) in [6.45, 7) is 0.530. The number of benzene rings is 2. The van der Waals surface area contributed by atoms with E-state index in [1.807, 2.05) is 48.5 Å². The van der Waals surface area contributed by atoms with Gasteiger partial charge in [0.2, 0.25) is 0 Å². The highest BCUT2D eigenvalue weighted by atomic mass is 31.2. The summed E-state index contributed by atoms with van der Waals surface area (Å²) in [5, 5.41) is 1.71. The second-order valence-corrected chi connectivity index (χ2v) is 8.54. The monoisotopic (exact) mass is 440 g/mol. The molecule has 4 aromatic rings. The SMILES string of the molecule is c1cc2c3c(ccnc3c1)OP(OCCOP1Oc3cccc4nccc(c34)O1)O2. The van der Waals surface area contributed by atoms with E-state index in [0.717, 1.165) is 21.8 Å². The van der Waals surface area contributed by atoms with E-state index in [1.54, 1.807) is 12.4 Å². The Hall–Kier alpha value is -2.76. The van der Waals surface area contributed by atoms with E-state index < -0.39 is 17.2 Å². The van der Waals surface area contributed by atoms with Crippen molar-refractivity contribution in [3.05, 3.63) is 60.9 Å². The molecule has 8 nitrogen and oxygen atoms in total. The van der Waals surface area contributed by atoms with Crippen LogP contribution >= 0.6 is 17.2 Å². The van der Waals surface area contributed by atoms with Crippen LogP contribution in [-0.4, -0.2) is 23.2 Å². The van der Waals surface area contributed by atoms with Gasteiger partial charge in [-0.25, -0.2) is 0 Å². The molecule has 2 aromatic carbocycles. The lowest BCUT2D eigenvalue weighted by Crippen LogP contribution is -2.11. The summed E-state index contributed by atoms with van der Waals surface area (Å²) in [6, 6.07) is 15.0. The summed E-state index contributed by atoms with van der Waals surface area (Å²) in [4.78, 5) is 8.65. The number of nitrogens with zero attached hydrogens (tertiary/aromatic N) is 2. The summed E-state index contributed by atoms with van der Waals surface area (Å²) in [5.41, 5.74) is 1.64. The van der Waals surface area contributed by atoms with Crippen molar-refractivity contribution in [1.82, 2.24) is 9.97 Å². The van der Waals surface area contributed by atoms with Gasteiger partial charge in [0, 0.05) is 12.4 Å². The highest BCUT2D eigenvalue weighted by Gasteiger charge is 2.28. The van der Waals surface area contributed by atoms with E-state index in [1.165, 1.54) is 0 Å². The molecule has 0 bridgehead atoms. The Bertz CT molecular complexity index is 1080. The Morgan fingerprint density at radius 3 is 1.50 bits per heavy atom. The van der Waals surface area contributed by atoms with E-state index in [0.29, 0.717) is 23.0 Å². The van der Waals surface area contributed by atoms with Crippen molar-refractivity contribution in [1.29, 1.82) is 0 Å². The molecule has 0 amide bonds. The standard InChI is InChI=1S/C20H14N2O6P2/c1-3-13-19-15(5-1)25-29(27-17(19)7-9-21-13)23-11-12-24-30-26-16-6-2-4-14-20(16)18(28-30)8-10-22-14/h1-10H,11-12H2. The molecule has 10 heteroatoms. The van der Waals surface area contributed by atoms with Crippen LogP contribution in [0.2, 0.25) is 0 Å². The summed E-state index contributed by atoms with van der Waals surface area (Å²) in [7, 11) is -3.15. The lowest BCUT2D eigenvalue weighted by atomic mass is 10.2. The van der Waals surface area contributed by atoms with Crippen molar-refractivity contribution >= 4 is 39.0 Å². The second-order valence-electron chi connectivity index (χ2n) is 6.40. The number of hydrogen-bond acceptors (Lipinski definition) is 8. The molecule has 2 aliphatic heterocycles. The van der Waals surface area contributed by atoms with Gasteiger partial charge >= 0.3 is 17.2 Å². The molecule has 0 radical (unpaired) electrons. The lowest BCUT2D eigenvalue weighted by molar-refractivity contribution is 0.184. The van der Waals surface area contributed by atoms with Crippen LogP contribution in [0.4, 0.5) is 0 Å². The Morgan fingerprint density at radius 2 is 1.03 bits per heavy atom. The van der Waals surface area contributed by atoms with E-state index >= 15 is 0 Å². The van der Waals surface area contributed by atoms with E-state index in [-0.39, 0.29) is 13.2 Å². The van der Waals surface area contributed by atoms with Gasteiger partial charge in [-0.15, -0.1) is 0 Å². The fraction of sp³-hybridized carbons (Fsp3) is 0.100. The van der Waals surface area contributed by atoms with Gasteiger partial charge in [0.05, 0.1) is 35.0 Å². The molecule has 6 rings (SSSR count). The Labute approximate surface area is 173 Å². The zero-order valence-corrected chi connectivity index (χ0v) is 17.2. The molecule has 0 N–H and O–H groups in total. The first-order chi connectivity index (χ1) is 14.8. The van der Waals surface area contributed by atoms with Crippen LogP contribution < -0.4 is 18.1 Å². The maximum absolute atomic E-state index is 5.84. The molecule has 30 heavy (non-hydrogen) atoms. The minimum absolute atomic E-state index is 0.265. The van der Waals surface area contributed by atoms with Gasteiger partial charge in [-0.05, 0) is 36.4 Å². The molecule has 2 aromatic heterocycles. The third-order valence-corrected chi connectivity index (χ3v) is 6.72. The highest BCUT2D eigenvalue weighted by Crippen LogP contribution is 2.53. The van der Waals surface area contributed by atoms with Gasteiger partial charge in [0.1, 0.15) is 23.0 Å². The normalized spacial score (nSPS) is 18.9. The average molecular weight is 440 g/mol. The predicted octanol–water partition coefficient (Wildman–Crippen LogP) is 5.51. The van der Waals surface area contributed by atoms with Crippen LogP contribution in [0.5, 0.6) is 23.0 Å². The average Bonchev–Trinajstić information content (AvgIpc) is 2.78. The number of aromatic nitrogens is 2. The number of rotatable bonds is 5. The van der Waals surface area contributed by atoms with E-state index in [4.69, 9.17) is 27.1 Å². The quantitative estimate of drug-likeness (QED) is 0.297. The highest BCUT2D eigenvalue weighted by molar-refractivity contribution is 7.43. The lowest BCUT2D eigenvalue weighted by Gasteiger charge is -2.25. The van der Waals surface area contributed by atoms with Crippen molar-refractivity contribution in [2.24, 2.45) is 0 Å². The first-order valence-electron chi connectivity index (χ1n) is 9.18. The van der Waals surface area contributed by atoms with Crippen molar-refractivity contribution in [2.45, 2.75) is 0 Å². The van der Waals surface area contributed by atoms with Crippen molar-refractivity contribution in [3.63, 3.8) is 0 Å². The first-order valence-corrected chi connectivity index (χ1v) is 11.4. The summed E-state index contributed by atoms with van der Waals surface area (Å²) >= 11 is 0. The summed E-state index contributed by atoms with van der Waals surface area (Å²) in [5.74, 6) is 2.82. The summed E-state index contributed by atoms with van der Waals surface area (Å²) in [6.07, 6.45) is 3.41. The van der Waals surface area contributed by atoms with Crippen LogP contribution in [0.1, 0.15) is 0 Å². The third kappa shape index (κ3) is 3.18. The molecule has 2 unspecified atom stereocenters. The van der Waals surface area contributed by atoms with Crippen molar-refractivity contribution in [2.75, 3.05) is 13.2 Å².